The molecule has 0 spiro atoms. The van der Waals surface area contributed by atoms with E-state index in [0.717, 1.165) is 18.2 Å². The highest BCUT2D eigenvalue weighted by Crippen LogP contribution is 2.16. The molecule has 0 aromatic heterocycles. The summed E-state index contributed by atoms with van der Waals surface area (Å²) in [5.74, 6) is 2.35. The van der Waals surface area contributed by atoms with Crippen LogP contribution in [0.2, 0.25) is 0 Å². The first-order chi connectivity index (χ1) is 7.74. The summed E-state index contributed by atoms with van der Waals surface area (Å²) < 4.78 is 0. The van der Waals surface area contributed by atoms with Gasteiger partial charge in [0.2, 0.25) is 0 Å². The van der Waals surface area contributed by atoms with E-state index in [2.05, 4.69) is 43.4 Å². The molecule has 1 aromatic rings. The van der Waals surface area contributed by atoms with E-state index in [4.69, 9.17) is 11.6 Å². The van der Waals surface area contributed by atoms with E-state index in [9.17, 15) is 0 Å². The summed E-state index contributed by atoms with van der Waals surface area (Å²) in [6.07, 6.45) is 0. The maximum atomic E-state index is 5.81. The normalized spacial score (nSPS) is 14.7. The molecule has 1 nitrogen and oxygen atoms in total. The van der Waals surface area contributed by atoms with E-state index < -0.39 is 0 Å². The molecule has 0 amide bonds. The fourth-order valence-corrected chi connectivity index (χ4v) is 2.38. The molecule has 2 atom stereocenters. The average Bonchev–Trinajstić information content (AvgIpc) is 2.34. The first-order valence-corrected chi connectivity index (χ1v) is 7.23. The highest BCUT2D eigenvalue weighted by molar-refractivity contribution is 7.99. The predicted octanol–water partition coefficient (Wildman–Crippen LogP) is 3.63. The van der Waals surface area contributed by atoms with Crippen LogP contribution in [-0.4, -0.2) is 24.2 Å². The number of halogens is 1. The molecule has 0 radical (unpaired) electrons. The zero-order valence-corrected chi connectivity index (χ0v) is 11.5. The number of nitrogens with one attached hydrogen (secondary N) is 1. The topological polar surface area (TPSA) is 12.0 Å². The lowest BCUT2D eigenvalue weighted by Crippen LogP contribution is -2.34. The lowest BCUT2D eigenvalue weighted by molar-refractivity contribution is 0.442. The van der Waals surface area contributed by atoms with Gasteiger partial charge < -0.3 is 5.32 Å². The molecule has 0 aliphatic carbocycles. The van der Waals surface area contributed by atoms with Gasteiger partial charge in [-0.3, -0.25) is 0 Å². The summed E-state index contributed by atoms with van der Waals surface area (Å²) in [7, 11) is 0. The van der Waals surface area contributed by atoms with Crippen molar-refractivity contribution in [2.75, 3.05) is 18.2 Å². The Morgan fingerprint density at radius 2 is 1.94 bits per heavy atom. The van der Waals surface area contributed by atoms with Crippen LogP contribution >= 0.6 is 23.4 Å². The number of rotatable bonds is 7. The number of thioether (sulfide) groups is 1. The minimum absolute atomic E-state index is 0.494. The van der Waals surface area contributed by atoms with Crippen LogP contribution in [0.1, 0.15) is 13.8 Å². The van der Waals surface area contributed by atoms with Crippen LogP contribution in [-0.2, 0) is 0 Å². The predicted molar refractivity (Wildman–Crippen MR) is 74.5 cm³/mol. The molecule has 2 unspecified atom stereocenters. The highest BCUT2D eigenvalue weighted by Gasteiger charge is 2.09. The molecule has 90 valence electrons. The Balaban J connectivity index is 2.13. The maximum Gasteiger partial charge on any atom is 0.0263 e. The molecule has 3 heteroatoms. The lowest BCUT2D eigenvalue weighted by Gasteiger charge is -2.18. The van der Waals surface area contributed by atoms with E-state index in [-0.39, 0.29) is 0 Å². The lowest BCUT2D eigenvalue weighted by atomic mass is 10.1. The first kappa shape index (κ1) is 13.9. The third-order valence-corrected chi connectivity index (χ3v) is 4.18. The van der Waals surface area contributed by atoms with Gasteiger partial charge in [-0.1, -0.05) is 25.1 Å². The van der Waals surface area contributed by atoms with Crippen molar-refractivity contribution in [1.29, 1.82) is 0 Å². The Morgan fingerprint density at radius 1 is 1.25 bits per heavy atom. The van der Waals surface area contributed by atoms with Gasteiger partial charge in [0, 0.05) is 29.1 Å². The first-order valence-electron chi connectivity index (χ1n) is 5.71. The number of hydrogen-bond acceptors (Lipinski definition) is 2. The van der Waals surface area contributed by atoms with E-state index in [1.165, 1.54) is 4.90 Å². The zero-order valence-electron chi connectivity index (χ0n) is 9.95. The van der Waals surface area contributed by atoms with Crippen LogP contribution in [0.3, 0.4) is 0 Å². The maximum absolute atomic E-state index is 5.81. The summed E-state index contributed by atoms with van der Waals surface area (Å²) in [6, 6.07) is 11.0. The van der Waals surface area contributed by atoms with Crippen molar-refractivity contribution in [2.45, 2.75) is 24.8 Å². The number of benzene rings is 1. The van der Waals surface area contributed by atoms with Crippen molar-refractivity contribution in [3.8, 4) is 0 Å². The number of alkyl halides is 1. The van der Waals surface area contributed by atoms with Crippen LogP contribution in [0.15, 0.2) is 35.2 Å². The zero-order chi connectivity index (χ0) is 11.8. The van der Waals surface area contributed by atoms with Gasteiger partial charge in [-0.2, -0.15) is 0 Å². The van der Waals surface area contributed by atoms with Crippen molar-refractivity contribution < 1.29 is 0 Å². The van der Waals surface area contributed by atoms with Gasteiger partial charge in [-0.15, -0.1) is 23.4 Å². The Kier molecular flexibility index (Phi) is 6.93. The van der Waals surface area contributed by atoms with Crippen LogP contribution in [0.4, 0.5) is 0 Å². The van der Waals surface area contributed by atoms with Gasteiger partial charge in [-0.05, 0) is 25.0 Å². The minimum Gasteiger partial charge on any atom is -0.313 e. The van der Waals surface area contributed by atoms with Gasteiger partial charge in [0.1, 0.15) is 0 Å². The molecule has 0 saturated heterocycles. The molecule has 0 fully saturated rings. The van der Waals surface area contributed by atoms with Crippen molar-refractivity contribution >= 4 is 23.4 Å². The monoisotopic (exact) mass is 257 g/mol. The van der Waals surface area contributed by atoms with Crippen molar-refractivity contribution in [3.63, 3.8) is 0 Å². The molecule has 0 aliphatic rings. The molecule has 1 N–H and O–H groups in total. The highest BCUT2D eigenvalue weighted by atomic mass is 35.5. The fraction of sp³-hybridized carbons (Fsp3) is 0.538. The average molecular weight is 258 g/mol. The third-order valence-electron chi connectivity index (χ3n) is 2.68. The molecule has 0 aliphatic heterocycles. The Morgan fingerprint density at radius 3 is 2.56 bits per heavy atom. The fourth-order valence-electron chi connectivity index (χ4n) is 1.31. The van der Waals surface area contributed by atoms with Crippen LogP contribution in [0.25, 0.3) is 0 Å². The van der Waals surface area contributed by atoms with Crippen molar-refractivity contribution in [1.82, 2.24) is 5.32 Å². The van der Waals surface area contributed by atoms with Gasteiger partial charge >= 0.3 is 0 Å². The van der Waals surface area contributed by atoms with Crippen molar-refractivity contribution in [2.24, 2.45) is 5.92 Å². The van der Waals surface area contributed by atoms with Crippen molar-refractivity contribution in [3.05, 3.63) is 30.3 Å². The Labute approximate surface area is 108 Å². The minimum atomic E-state index is 0.494. The molecule has 16 heavy (non-hydrogen) atoms. The second-order valence-electron chi connectivity index (χ2n) is 4.04. The molecular weight excluding hydrogens is 238 g/mol. The van der Waals surface area contributed by atoms with Crippen LogP contribution in [0, 0.1) is 5.92 Å². The summed E-state index contributed by atoms with van der Waals surface area (Å²) in [4.78, 5) is 1.34. The van der Waals surface area contributed by atoms with Gasteiger partial charge in [-0.25, -0.2) is 0 Å². The van der Waals surface area contributed by atoms with E-state index in [1.54, 1.807) is 0 Å². The smallest absolute Gasteiger partial charge is 0.0263 e. The molecule has 1 aromatic carbocycles. The SMILES string of the molecule is CC(CCl)C(C)NCCSc1ccccc1. The van der Waals surface area contributed by atoms with Crippen LogP contribution in [0.5, 0.6) is 0 Å². The summed E-state index contributed by atoms with van der Waals surface area (Å²) >= 11 is 7.70. The van der Waals surface area contributed by atoms with Gasteiger partial charge in [0.05, 0.1) is 0 Å². The molecule has 0 saturated carbocycles. The van der Waals surface area contributed by atoms with Crippen LogP contribution < -0.4 is 5.32 Å². The summed E-state index contributed by atoms with van der Waals surface area (Å²) in [6.45, 7) is 5.40. The standard InChI is InChI=1S/C13H20ClNS/c1-11(10-14)12(2)15-8-9-16-13-6-4-3-5-7-13/h3-7,11-12,15H,8-10H2,1-2H3. The Hall–Kier alpha value is -0.180. The molecule has 0 bridgehead atoms. The summed E-state index contributed by atoms with van der Waals surface area (Å²) in [5, 5.41) is 3.50. The van der Waals surface area contributed by atoms with E-state index in [1.807, 2.05) is 17.8 Å². The summed E-state index contributed by atoms with van der Waals surface area (Å²) in [5.41, 5.74) is 0. The van der Waals surface area contributed by atoms with Gasteiger partial charge in [0.25, 0.3) is 0 Å². The second kappa shape index (κ2) is 7.99. The third kappa shape index (κ3) is 5.24. The largest absolute Gasteiger partial charge is 0.313 e. The van der Waals surface area contributed by atoms with Gasteiger partial charge in [0.15, 0.2) is 0 Å². The molecular formula is C13H20ClNS. The quantitative estimate of drug-likeness (QED) is 0.455. The van der Waals surface area contributed by atoms with E-state index >= 15 is 0 Å². The number of hydrogen-bond donors (Lipinski definition) is 1. The molecule has 1 rings (SSSR count). The second-order valence-corrected chi connectivity index (χ2v) is 5.51. The molecule has 0 heterocycles. The Bertz CT molecular complexity index is 279. The van der Waals surface area contributed by atoms with E-state index in [0.29, 0.717) is 12.0 Å².